The number of rotatable bonds is 3. The van der Waals surface area contributed by atoms with Crippen LogP contribution in [0, 0.1) is 0 Å². The van der Waals surface area contributed by atoms with E-state index in [0.717, 1.165) is 31.9 Å². The highest BCUT2D eigenvalue weighted by atomic mass is 15.7. The Morgan fingerprint density at radius 1 is 1.18 bits per heavy atom. The summed E-state index contributed by atoms with van der Waals surface area (Å²) in [6.07, 6.45) is -0.335. The third-order valence-corrected chi connectivity index (χ3v) is 3.84. The highest BCUT2D eigenvalue weighted by Gasteiger charge is 2.33. The second kappa shape index (κ2) is 6.20. The largest absolute Gasteiger partial charge is 0.368 e. The highest BCUT2D eigenvalue weighted by molar-refractivity contribution is 5.95. The van der Waals surface area contributed by atoms with Crippen LogP contribution in [0.1, 0.15) is 0 Å². The van der Waals surface area contributed by atoms with E-state index in [-0.39, 0.29) is 12.2 Å². The van der Waals surface area contributed by atoms with E-state index in [0.29, 0.717) is 5.96 Å². The molecule has 0 saturated carbocycles. The van der Waals surface area contributed by atoms with Gasteiger partial charge in [0.2, 0.25) is 18.2 Å². The Bertz CT molecular complexity index is 563. The predicted molar refractivity (Wildman–Crippen MR) is 88.2 cm³/mol. The first-order valence-corrected chi connectivity index (χ1v) is 7.37. The van der Waals surface area contributed by atoms with Crippen molar-refractivity contribution >= 4 is 17.6 Å². The van der Waals surface area contributed by atoms with Crippen molar-refractivity contribution < 1.29 is 0 Å². The van der Waals surface area contributed by atoms with Gasteiger partial charge in [0.15, 0.2) is 0 Å². The molecule has 3 rings (SSSR count). The molecule has 5 N–H and O–H groups in total. The van der Waals surface area contributed by atoms with Crippen molar-refractivity contribution in [3.05, 3.63) is 30.3 Å². The Kier molecular flexibility index (Phi) is 4.12. The second-order valence-corrected chi connectivity index (χ2v) is 5.30. The molecule has 2 aliphatic heterocycles. The van der Waals surface area contributed by atoms with E-state index in [1.807, 2.05) is 47.3 Å². The molecule has 8 nitrogen and oxygen atoms in total. The van der Waals surface area contributed by atoms with Crippen molar-refractivity contribution in [1.29, 1.82) is 0 Å². The minimum Gasteiger partial charge on any atom is -0.368 e. The number of aliphatic imine (C=N–C) groups is 2. The number of piperazine rings is 1. The third-order valence-electron chi connectivity index (χ3n) is 3.84. The summed E-state index contributed by atoms with van der Waals surface area (Å²) in [4.78, 5) is 10.6. The summed E-state index contributed by atoms with van der Waals surface area (Å²) in [5.74, 6) is 0.582. The SMILES string of the molecule is CN(c1ccccc1)C1N=C(N)N=C(N)N1N1CCNCC1. The summed E-state index contributed by atoms with van der Waals surface area (Å²) in [6, 6.07) is 10.0. The Morgan fingerprint density at radius 3 is 2.55 bits per heavy atom. The quantitative estimate of drug-likeness (QED) is 0.674. The summed E-state index contributed by atoms with van der Waals surface area (Å²) in [5.41, 5.74) is 13.0. The van der Waals surface area contributed by atoms with Gasteiger partial charge in [-0.15, -0.1) is 0 Å². The van der Waals surface area contributed by atoms with Crippen LogP contribution < -0.4 is 21.7 Å². The molecule has 1 atom stereocenters. The van der Waals surface area contributed by atoms with Crippen molar-refractivity contribution in [2.45, 2.75) is 6.29 Å². The lowest BCUT2D eigenvalue weighted by Gasteiger charge is -2.45. The summed E-state index contributed by atoms with van der Waals surface area (Å²) >= 11 is 0. The number of para-hydroxylation sites is 1. The number of hydrogen-bond donors (Lipinski definition) is 3. The van der Waals surface area contributed by atoms with Gasteiger partial charge in [-0.1, -0.05) is 18.2 Å². The summed E-state index contributed by atoms with van der Waals surface area (Å²) in [7, 11) is 1.98. The average molecular weight is 302 g/mol. The van der Waals surface area contributed by atoms with E-state index in [2.05, 4.69) is 20.3 Å². The number of hydrogen-bond acceptors (Lipinski definition) is 8. The standard InChI is InChI=1S/C14H22N8/c1-20(11-5-3-2-4-6-11)14-19-12(15)18-13(16)22(14)21-9-7-17-8-10-21/h2-6,14,17H,7-10H2,1H3,(H4,15,16,18,19). The molecule has 118 valence electrons. The molecule has 1 saturated heterocycles. The maximum absolute atomic E-state index is 6.13. The Labute approximate surface area is 130 Å². The lowest BCUT2D eigenvalue weighted by atomic mass is 10.3. The van der Waals surface area contributed by atoms with Gasteiger partial charge in [0.25, 0.3) is 0 Å². The molecule has 1 fully saturated rings. The number of hydrazine groups is 1. The number of nitrogens with one attached hydrogen (secondary N) is 1. The van der Waals surface area contributed by atoms with Crippen LogP contribution in [0.15, 0.2) is 40.3 Å². The lowest BCUT2D eigenvalue weighted by molar-refractivity contribution is -0.00257. The molecular formula is C14H22N8. The fraction of sp³-hybridized carbons (Fsp3) is 0.429. The fourth-order valence-electron chi connectivity index (χ4n) is 2.70. The molecule has 1 aromatic rings. The van der Waals surface area contributed by atoms with E-state index in [9.17, 15) is 0 Å². The van der Waals surface area contributed by atoms with Crippen molar-refractivity contribution in [2.75, 3.05) is 38.1 Å². The Hall–Kier alpha value is -2.32. The maximum atomic E-state index is 6.13. The number of anilines is 1. The van der Waals surface area contributed by atoms with Gasteiger partial charge in [0, 0.05) is 38.9 Å². The molecule has 2 aliphatic rings. The zero-order chi connectivity index (χ0) is 15.5. The van der Waals surface area contributed by atoms with Crippen LogP contribution in [-0.4, -0.2) is 61.5 Å². The molecule has 0 aromatic heterocycles. The first kappa shape index (κ1) is 14.6. The zero-order valence-corrected chi connectivity index (χ0v) is 12.7. The molecule has 0 bridgehead atoms. The highest BCUT2D eigenvalue weighted by Crippen LogP contribution is 2.21. The van der Waals surface area contributed by atoms with E-state index in [1.165, 1.54) is 0 Å². The van der Waals surface area contributed by atoms with E-state index >= 15 is 0 Å². The Balaban J connectivity index is 1.89. The van der Waals surface area contributed by atoms with Crippen molar-refractivity contribution in [3.8, 4) is 0 Å². The van der Waals surface area contributed by atoms with Crippen LogP contribution in [0.25, 0.3) is 0 Å². The van der Waals surface area contributed by atoms with Crippen LogP contribution in [0.5, 0.6) is 0 Å². The Morgan fingerprint density at radius 2 is 1.86 bits per heavy atom. The number of nitrogens with two attached hydrogens (primary N) is 2. The van der Waals surface area contributed by atoms with Crippen LogP contribution in [-0.2, 0) is 0 Å². The molecule has 0 radical (unpaired) electrons. The first-order valence-electron chi connectivity index (χ1n) is 7.37. The van der Waals surface area contributed by atoms with Crippen LogP contribution in [0.4, 0.5) is 5.69 Å². The van der Waals surface area contributed by atoms with E-state index in [4.69, 9.17) is 11.5 Å². The fourth-order valence-corrected chi connectivity index (χ4v) is 2.70. The number of guanidine groups is 2. The second-order valence-electron chi connectivity index (χ2n) is 5.30. The molecular weight excluding hydrogens is 280 g/mol. The predicted octanol–water partition coefficient (Wildman–Crippen LogP) is -0.828. The smallest absolute Gasteiger partial charge is 0.222 e. The van der Waals surface area contributed by atoms with Crippen LogP contribution in [0.3, 0.4) is 0 Å². The lowest BCUT2D eigenvalue weighted by Crippen LogP contribution is -2.64. The maximum Gasteiger partial charge on any atom is 0.222 e. The van der Waals surface area contributed by atoms with Gasteiger partial charge in [-0.25, -0.2) is 15.0 Å². The summed E-state index contributed by atoms with van der Waals surface area (Å²) in [6.45, 7) is 3.52. The minimum absolute atomic E-state index is 0.205. The van der Waals surface area contributed by atoms with Crippen molar-refractivity contribution in [2.24, 2.45) is 21.5 Å². The molecule has 0 spiro atoms. The summed E-state index contributed by atoms with van der Waals surface area (Å²) < 4.78 is 0. The van der Waals surface area contributed by atoms with Gasteiger partial charge in [0.1, 0.15) is 0 Å². The molecule has 1 aromatic carbocycles. The van der Waals surface area contributed by atoms with Gasteiger partial charge >= 0.3 is 0 Å². The first-order chi connectivity index (χ1) is 10.7. The average Bonchev–Trinajstić information content (AvgIpc) is 2.55. The van der Waals surface area contributed by atoms with Crippen molar-refractivity contribution in [1.82, 2.24) is 15.3 Å². The number of benzene rings is 1. The van der Waals surface area contributed by atoms with Gasteiger partial charge in [-0.3, -0.25) is 0 Å². The normalized spacial score (nSPS) is 23.0. The van der Waals surface area contributed by atoms with Gasteiger partial charge < -0.3 is 21.7 Å². The molecule has 0 aliphatic carbocycles. The molecule has 1 unspecified atom stereocenters. The topological polar surface area (TPSA) is 98.5 Å². The minimum atomic E-state index is -0.335. The number of nitrogens with zero attached hydrogens (tertiary/aromatic N) is 5. The van der Waals surface area contributed by atoms with Crippen LogP contribution >= 0.6 is 0 Å². The van der Waals surface area contributed by atoms with E-state index < -0.39 is 0 Å². The third kappa shape index (κ3) is 2.83. The van der Waals surface area contributed by atoms with Crippen LogP contribution in [0.2, 0.25) is 0 Å². The molecule has 22 heavy (non-hydrogen) atoms. The van der Waals surface area contributed by atoms with Gasteiger partial charge in [-0.2, -0.15) is 4.99 Å². The summed E-state index contributed by atoms with van der Waals surface area (Å²) in [5, 5.41) is 7.41. The van der Waals surface area contributed by atoms with Gasteiger partial charge in [-0.05, 0) is 12.1 Å². The molecule has 0 amide bonds. The molecule has 8 heteroatoms. The van der Waals surface area contributed by atoms with Crippen molar-refractivity contribution in [3.63, 3.8) is 0 Å². The van der Waals surface area contributed by atoms with Gasteiger partial charge in [0.05, 0.1) is 0 Å². The van der Waals surface area contributed by atoms with E-state index in [1.54, 1.807) is 0 Å². The monoisotopic (exact) mass is 302 g/mol. The zero-order valence-electron chi connectivity index (χ0n) is 12.7. The molecule has 2 heterocycles.